The fraction of sp³-hybridized carbons (Fsp3) is 1.00. The topological polar surface area (TPSA) is 53.7 Å². The van der Waals surface area contributed by atoms with Crippen molar-refractivity contribution in [3.8, 4) is 0 Å². The normalized spacial score (nSPS) is 12.0. The Morgan fingerprint density at radius 3 is 1.65 bits per heavy atom. The van der Waals surface area contributed by atoms with E-state index in [1.165, 1.54) is 12.8 Å². The van der Waals surface area contributed by atoms with E-state index in [4.69, 9.17) is 19.0 Å². The van der Waals surface area contributed by atoms with Crippen LogP contribution in [0.3, 0.4) is 0 Å². The summed E-state index contributed by atoms with van der Waals surface area (Å²) in [6, 6.07) is 0.924. The number of hydrogen-bond acceptors (Lipinski definition) is 4. The lowest BCUT2D eigenvalue weighted by Crippen LogP contribution is -2.45. The summed E-state index contributed by atoms with van der Waals surface area (Å²) >= 11 is 0. The average Bonchev–Trinajstić information content (AvgIpc) is 2.30. The van der Waals surface area contributed by atoms with Gasteiger partial charge in [0.2, 0.25) is 0 Å². The Morgan fingerprint density at radius 1 is 0.765 bits per heavy atom. The maximum Gasteiger partial charge on any atom is 0.500 e. The van der Waals surface area contributed by atoms with Gasteiger partial charge in [0.25, 0.3) is 0 Å². The van der Waals surface area contributed by atoms with Crippen LogP contribution in [0.25, 0.3) is 0 Å². The molecule has 0 bridgehead atoms. The lowest BCUT2D eigenvalue weighted by atomic mass is 10.2. The standard InChI is InChI=1S/C12H29NO3Si/c1-4-14-17(15-5-2,16-6-3)12-10-8-7-9-11-13/h4-13H2,1-3H3. The molecule has 0 aromatic carbocycles. The molecule has 0 aliphatic rings. The largest absolute Gasteiger partial charge is 0.500 e. The van der Waals surface area contributed by atoms with Gasteiger partial charge < -0.3 is 19.0 Å². The Balaban J connectivity index is 4.05. The fourth-order valence-electron chi connectivity index (χ4n) is 1.84. The van der Waals surface area contributed by atoms with E-state index >= 15 is 0 Å². The second-order valence-corrected chi connectivity index (χ2v) is 6.67. The number of hydrogen-bond donors (Lipinski definition) is 1. The predicted octanol–water partition coefficient (Wildman–Crippen LogP) is 2.55. The van der Waals surface area contributed by atoms with Crippen molar-refractivity contribution in [2.75, 3.05) is 26.4 Å². The molecule has 4 nitrogen and oxygen atoms in total. The van der Waals surface area contributed by atoms with Gasteiger partial charge in [0.1, 0.15) is 0 Å². The molecule has 17 heavy (non-hydrogen) atoms. The van der Waals surface area contributed by atoms with Crippen molar-refractivity contribution < 1.29 is 13.3 Å². The van der Waals surface area contributed by atoms with E-state index in [-0.39, 0.29) is 0 Å². The summed E-state index contributed by atoms with van der Waals surface area (Å²) in [7, 11) is -2.39. The van der Waals surface area contributed by atoms with Gasteiger partial charge in [-0.15, -0.1) is 0 Å². The first kappa shape index (κ1) is 17.1. The molecule has 5 heteroatoms. The Labute approximate surface area is 107 Å². The van der Waals surface area contributed by atoms with Gasteiger partial charge in [-0.25, -0.2) is 0 Å². The average molecular weight is 263 g/mol. The summed E-state index contributed by atoms with van der Waals surface area (Å²) in [4.78, 5) is 0. The van der Waals surface area contributed by atoms with Crippen molar-refractivity contribution in [3.05, 3.63) is 0 Å². The van der Waals surface area contributed by atoms with Gasteiger partial charge in [0, 0.05) is 25.9 Å². The maximum absolute atomic E-state index is 5.79. The first-order valence-corrected chi connectivity index (χ1v) is 8.79. The molecule has 0 unspecified atom stereocenters. The van der Waals surface area contributed by atoms with Crippen molar-refractivity contribution >= 4 is 8.80 Å². The van der Waals surface area contributed by atoms with Crippen LogP contribution in [0.4, 0.5) is 0 Å². The highest BCUT2D eigenvalue weighted by atomic mass is 28.4. The molecule has 0 aliphatic carbocycles. The van der Waals surface area contributed by atoms with E-state index in [2.05, 4.69) is 0 Å². The van der Waals surface area contributed by atoms with Crippen LogP contribution in [0.15, 0.2) is 0 Å². The Morgan fingerprint density at radius 2 is 1.24 bits per heavy atom. The maximum atomic E-state index is 5.79. The molecule has 0 radical (unpaired) electrons. The molecule has 0 fully saturated rings. The highest BCUT2D eigenvalue weighted by Crippen LogP contribution is 2.20. The summed E-state index contributed by atoms with van der Waals surface area (Å²) in [5.74, 6) is 0. The first-order chi connectivity index (χ1) is 8.24. The molecule has 0 saturated carbocycles. The van der Waals surface area contributed by atoms with Crippen LogP contribution in [0.1, 0.15) is 46.5 Å². The second kappa shape index (κ2) is 11.2. The summed E-state index contributed by atoms with van der Waals surface area (Å²) in [6.45, 7) is 8.75. The second-order valence-electron chi connectivity index (χ2n) is 3.93. The minimum Gasteiger partial charge on any atom is -0.374 e. The first-order valence-electron chi connectivity index (χ1n) is 6.86. The van der Waals surface area contributed by atoms with Crippen LogP contribution in [-0.4, -0.2) is 35.2 Å². The Hall–Kier alpha value is 0.0569. The molecule has 104 valence electrons. The van der Waals surface area contributed by atoms with Crippen LogP contribution in [0, 0.1) is 0 Å². The molecule has 0 aromatic heterocycles. The van der Waals surface area contributed by atoms with Crippen LogP contribution >= 0.6 is 0 Å². The molecule has 0 saturated heterocycles. The molecule has 2 N–H and O–H groups in total. The molecule has 0 atom stereocenters. The molecule has 0 aromatic rings. The highest BCUT2D eigenvalue weighted by Gasteiger charge is 2.39. The quantitative estimate of drug-likeness (QED) is 0.434. The van der Waals surface area contributed by atoms with Crippen molar-refractivity contribution in [1.29, 1.82) is 0 Å². The molecule has 0 aliphatic heterocycles. The van der Waals surface area contributed by atoms with E-state index in [1.54, 1.807) is 0 Å². The predicted molar refractivity (Wildman–Crippen MR) is 73.0 cm³/mol. The lowest BCUT2D eigenvalue weighted by molar-refractivity contribution is 0.0706. The number of unbranched alkanes of at least 4 members (excludes halogenated alkanes) is 3. The number of rotatable bonds is 12. The third kappa shape index (κ3) is 7.89. The molecule has 0 heterocycles. The Kier molecular flexibility index (Phi) is 11.2. The summed E-state index contributed by atoms with van der Waals surface area (Å²) < 4.78 is 17.4. The van der Waals surface area contributed by atoms with Crippen molar-refractivity contribution in [2.24, 2.45) is 5.73 Å². The fourth-order valence-corrected chi connectivity index (χ4v) is 4.53. The van der Waals surface area contributed by atoms with Gasteiger partial charge in [-0.3, -0.25) is 0 Å². The summed E-state index contributed by atoms with van der Waals surface area (Å²) in [5, 5.41) is 0. The highest BCUT2D eigenvalue weighted by molar-refractivity contribution is 6.60. The summed E-state index contributed by atoms with van der Waals surface area (Å²) in [5.41, 5.74) is 5.47. The van der Waals surface area contributed by atoms with Crippen LogP contribution in [0.2, 0.25) is 6.04 Å². The van der Waals surface area contributed by atoms with Crippen molar-refractivity contribution in [1.82, 2.24) is 0 Å². The van der Waals surface area contributed by atoms with Gasteiger partial charge in [0.15, 0.2) is 0 Å². The van der Waals surface area contributed by atoms with E-state index in [0.29, 0.717) is 19.8 Å². The van der Waals surface area contributed by atoms with Crippen LogP contribution < -0.4 is 5.73 Å². The van der Waals surface area contributed by atoms with E-state index in [9.17, 15) is 0 Å². The summed E-state index contributed by atoms with van der Waals surface area (Å²) in [6.07, 6.45) is 4.57. The zero-order chi connectivity index (χ0) is 13.0. The van der Waals surface area contributed by atoms with Gasteiger partial charge >= 0.3 is 8.80 Å². The minimum atomic E-state index is -2.39. The third-order valence-electron chi connectivity index (χ3n) is 2.53. The molecule has 0 rings (SSSR count). The van der Waals surface area contributed by atoms with E-state index in [1.807, 2.05) is 20.8 Å². The van der Waals surface area contributed by atoms with Gasteiger partial charge in [-0.1, -0.05) is 12.8 Å². The third-order valence-corrected chi connectivity index (χ3v) is 5.68. The van der Waals surface area contributed by atoms with Crippen LogP contribution in [0.5, 0.6) is 0 Å². The zero-order valence-corrected chi connectivity index (χ0v) is 12.7. The van der Waals surface area contributed by atoms with Gasteiger partial charge in [-0.2, -0.15) is 0 Å². The van der Waals surface area contributed by atoms with Crippen LogP contribution in [-0.2, 0) is 13.3 Å². The molecule has 0 amide bonds. The SMILES string of the molecule is CCO[Si](CCCCCCN)(OCC)OCC. The smallest absolute Gasteiger partial charge is 0.374 e. The minimum absolute atomic E-state index is 0.662. The lowest BCUT2D eigenvalue weighted by Gasteiger charge is -2.28. The zero-order valence-electron chi connectivity index (χ0n) is 11.7. The van der Waals surface area contributed by atoms with E-state index in [0.717, 1.165) is 25.4 Å². The molecular weight excluding hydrogens is 234 g/mol. The van der Waals surface area contributed by atoms with Crippen molar-refractivity contribution in [3.63, 3.8) is 0 Å². The van der Waals surface area contributed by atoms with E-state index < -0.39 is 8.80 Å². The monoisotopic (exact) mass is 263 g/mol. The number of nitrogens with two attached hydrogens (primary N) is 1. The Bertz CT molecular complexity index is 153. The van der Waals surface area contributed by atoms with Gasteiger partial charge in [-0.05, 0) is 40.2 Å². The molecular formula is C12H29NO3Si. The molecule has 0 spiro atoms. The van der Waals surface area contributed by atoms with Crippen molar-refractivity contribution in [2.45, 2.75) is 52.5 Å². The van der Waals surface area contributed by atoms with Gasteiger partial charge in [0.05, 0.1) is 0 Å².